The maximum Gasteiger partial charge on any atom is 0.143 e. The fourth-order valence-electron chi connectivity index (χ4n) is 1.37. The van der Waals surface area contributed by atoms with E-state index in [-0.39, 0.29) is 5.02 Å². The van der Waals surface area contributed by atoms with Gasteiger partial charge in [0.15, 0.2) is 0 Å². The second kappa shape index (κ2) is 4.98. The van der Waals surface area contributed by atoms with Crippen molar-refractivity contribution in [2.45, 2.75) is 16.7 Å². The third-order valence-electron chi connectivity index (χ3n) is 2.30. The molecule has 0 aliphatic rings. The Morgan fingerprint density at radius 3 is 2.47 bits per heavy atom. The average molecular weight is 268 g/mol. The van der Waals surface area contributed by atoms with E-state index in [0.29, 0.717) is 5.69 Å². The van der Waals surface area contributed by atoms with Gasteiger partial charge in [-0.15, -0.1) is 0 Å². The maximum absolute atomic E-state index is 13.1. The van der Waals surface area contributed by atoms with E-state index in [2.05, 4.69) is 0 Å². The number of anilines is 1. The molecule has 0 atom stereocenters. The van der Waals surface area contributed by atoms with E-state index in [1.165, 1.54) is 23.4 Å². The van der Waals surface area contributed by atoms with Crippen LogP contribution in [-0.2, 0) is 0 Å². The normalized spacial score (nSPS) is 10.5. The highest BCUT2D eigenvalue weighted by molar-refractivity contribution is 7.99. The average Bonchev–Trinajstić information content (AvgIpc) is 2.29. The quantitative estimate of drug-likeness (QED) is 0.810. The molecule has 0 aromatic heterocycles. The van der Waals surface area contributed by atoms with Crippen molar-refractivity contribution in [3.8, 4) is 0 Å². The molecule has 0 spiro atoms. The van der Waals surface area contributed by atoms with Crippen molar-refractivity contribution < 1.29 is 4.39 Å². The smallest absolute Gasteiger partial charge is 0.143 e. The zero-order chi connectivity index (χ0) is 12.4. The van der Waals surface area contributed by atoms with Crippen LogP contribution in [0.15, 0.2) is 46.2 Å². The van der Waals surface area contributed by atoms with E-state index in [0.717, 1.165) is 9.79 Å². The van der Waals surface area contributed by atoms with Crippen LogP contribution < -0.4 is 5.73 Å². The Balaban J connectivity index is 2.30. The molecule has 0 bridgehead atoms. The second-order valence-corrected chi connectivity index (χ2v) is 5.24. The molecular weight excluding hydrogens is 257 g/mol. The van der Waals surface area contributed by atoms with Crippen molar-refractivity contribution in [2.24, 2.45) is 0 Å². The standard InChI is InChI=1S/C13H11ClFNS/c1-8-2-4-9(5-3-8)17-13-6-10(14)11(15)7-12(13)16/h2-7H,16H2,1H3. The van der Waals surface area contributed by atoms with Gasteiger partial charge in [-0.2, -0.15) is 0 Å². The number of nitrogen functional groups attached to an aromatic ring is 1. The van der Waals surface area contributed by atoms with Crippen LogP contribution in [0.2, 0.25) is 5.02 Å². The third-order valence-corrected chi connectivity index (χ3v) is 3.67. The molecule has 0 saturated carbocycles. The van der Waals surface area contributed by atoms with Gasteiger partial charge in [-0.3, -0.25) is 0 Å². The van der Waals surface area contributed by atoms with Gasteiger partial charge in [-0.25, -0.2) is 4.39 Å². The van der Waals surface area contributed by atoms with Crippen molar-refractivity contribution in [3.63, 3.8) is 0 Å². The second-order valence-electron chi connectivity index (χ2n) is 3.72. The predicted molar refractivity (Wildman–Crippen MR) is 71.1 cm³/mol. The van der Waals surface area contributed by atoms with E-state index >= 15 is 0 Å². The third kappa shape index (κ3) is 2.93. The number of halogens is 2. The topological polar surface area (TPSA) is 26.0 Å². The first-order valence-electron chi connectivity index (χ1n) is 5.05. The first kappa shape index (κ1) is 12.3. The molecule has 0 saturated heterocycles. The van der Waals surface area contributed by atoms with Gasteiger partial charge >= 0.3 is 0 Å². The number of benzene rings is 2. The van der Waals surface area contributed by atoms with Crippen LogP contribution in [0.4, 0.5) is 10.1 Å². The summed E-state index contributed by atoms with van der Waals surface area (Å²) in [6.45, 7) is 2.03. The Hall–Kier alpha value is -1.19. The summed E-state index contributed by atoms with van der Waals surface area (Å²) in [5.41, 5.74) is 7.34. The molecule has 4 heteroatoms. The summed E-state index contributed by atoms with van der Waals surface area (Å²) in [5.74, 6) is -0.488. The van der Waals surface area contributed by atoms with Crippen LogP contribution in [0.5, 0.6) is 0 Å². The van der Waals surface area contributed by atoms with Crippen LogP contribution in [0.3, 0.4) is 0 Å². The summed E-state index contributed by atoms with van der Waals surface area (Å²) < 4.78 is 13.1. The van der Waals surface area contributed by atoms with E-state index in [9.17, 15) is 4.39 Å². The van der Waals surface area contributed by atoms with E-state index in [1.54, 1.807) is 6.07 Å². The molecule has 0 radical (unpaired) electrons. The molecule has 0 amide bonds. The van der Waals surface area contributed by atoms with Gasteiger partial charge in [0.25, 0.3) is 0 Å². The minimum Gasteiger partial charge on any atom is -0.398 e. The Morgan fingerprint density at radius 1 is 1.18 bits per heavy atom. The Labute approximate surface area is 109 Å². The number of nitrogens with two attached hydrogens (primary N) is 1. The number of aryl methyl sites for hydroxylation is 1. The van der Waals surface area contributed by atoms with Crippen molar-refractivity contribution in [1.29, 1.82) is 0 Å². The summed E-state index contributed by atoms with van der Waals surface area (Å²) in [7, 11) is 0. The summed E-state index contributed by atoms with van der Waals surface area (Å²) in [6, 6.07) is 10.8. The zero-order valence-electron chi connectivity index (χ0n) is 9.21. The molecule has 2 aromatic carbocycles. The van der Waals surface area contributed by atoms with Crippen LogP contribution >= 0.6 is 23.4 Å². The molecule has 17 heavy (non-hydrogen) atoms. The van der Waals surface area contributed by atoms with E-state index in [4.69, 9.17) is 17.3 Å². The monoisotopic (exact) mass is 267 g/mol. The fourth-order valence-corrected chi connectivity index (χ4v) is 2.47. The maximum atomic E-state index is 13.1. The molecule has 0 heterocycles. The number of hydrogen-bond acceptors (Lipinski definition) is 2. The zero-order valence-corrected chi connectivity index (χ0v) is 10.8. The molecular formula is C13H11ClFNS. The van der Waals surface area contributed by atoms with Crippen LogP contribution in [0.1, 0.15) is 5.56 Å². The molecule has 0 fully saturated rings. The predicted octanol–water partition coefficient (Wildman–Crippen LogP) is 4.52. The molecule has 2 N–H and O–H groups in total. The van der Waals surface area contributed by atoms with Gasteiger partial charge in [0.05, 0.1) is 5.02 Å². The summed E-state index contributed by atoms with van der Waals surface area (Å²) in [4.78, 5) is 1.81. The highest BCUT2D eigenvalue weighted by Gasteiger charge is 2.07. The molecule has 2 rings (SSSR count). The summed E-state index contributed by atoms with van der Waals surface area (Å²) in [5, 5.41) is 0.0915. The van der Waals surface area contributed by atoms with Gasteiger partial charge in [0.2, 0.25) is 0 Å². The van der Waals surface area contributed by atoms with Crippen molar-refractivity contribution >= 4 is 29.1 Å². The summed E-state index contributed by atoms with van der Waals surface area (Å²) in [6.07, 6.45) is 0. The SMILES string of the molecule is Cc1ccc(Sc2cc(Cl)c(F)cc2N)cc1. The molecule has 2 aromatic rings. The minimum atomic E-state index is -0.488. The van der Waals surface area contributed by atoms with Gasteiger partial charge in [-0.1, -0.05) is 41.1 Å². The number of rotatable bonds is 2. The number of hydrogen-bond donors (Lipinski definition) is 1. The van der Waals surface area contributed by atoms with Gasteiger partial charge < -0.3 is 5.73 Å². The molecule has 88 valence electrons. The van der Waals surface area contributed by atoms with Crippen molar-refractivity contribution in [2.75, 3.05) is 5.73 Å². The van der Waals surface area contributed by atoms with Crippen LogP contribution in [0, 0.1) is 12.7 Å². The van der Waals surface area contributed by atoms with Gasteiger partial charge in [0.1, 0.15) is 5.82 Å². The van der Waals surface area contributed by atoms with Gasteiger partial charge in [-0.05, 0) is 31.2 Å². The lowest BCUT2D eigenvalue weighted by Crippen LogP contribution is -1.91. The molecule has 0 aliphatic heterocycles. The Bertz CT molecular complexity index is 540. The van der Waals surface area contributed by atoms with E-state index < -0.39 is 5.82 Å². The first-order chi connectivity index (χ1) is 8.06. The lowest BCUT2D eigenvalue weighted by atomic mass is 10.2. The lowest BCUT2D eigenvalue weighted by Gasteiger charge is -2.07. The van der Waals surface area contributed by atoms with Crippen LogP contribution in [-0.4, -0.2) is 0 Å². The molecule has 0 aliphatic carbocycles. The highest BCUT2D eigenvalue weighted by atomic mass is 35.5. The highest BCUT2D eigenvalue weighted by Crippen LogP contribution is 2.35. The fraction of sp³-hybridized carbons (Fsp3) is 0.0769. The van der Waals surface area contributed by atoms with Crippen LogP contribution in [0.25, 0.3) is 0 Å². The Kier molecular flexibility index (Phi) is 3.60. The molecule has 0 unspecified atom stereocenters. The Morgan fingerprint density at radius 2 is 1.82 bits per heavy atom. The largest absolute Gasteiger partial charge is 0.398 e. The lowest BCUT2D eigenvalue weighted by molar-refractivity contribution is 0.628. The first-order valence-corrected chi connectivity index (χ1v) is 6.25. The van der Waals surface area contributed by atoms with Crippen molar-refractivity contribution in [1.82, 2.24) is 0 Å². The van der Waals surface area contributed by atoms with E-state index in [1.807, 2.05) is 31.2 Å². The molecule has 1 nitrogen and oxygen atoms in total. The van der Waals surface area contributed by atoms with Crippen molar-refractivity contribution in [3.05, 3.63) is 52.8 Å². The minimum absolute atomic E-state index is 0.0915. The van der Waals surface area contributed by atoms with Gasteiger partial charge in [0, 0.05) is 15.5 Å². The summed E-state index contributed by atoms with van der Waals surface area (Å²) >= 11 is 7.20.